The first-order chi connectivity index (χ1) is 23.3. The minimum Gasteiger partial charge on any atom is -0.0622 e. The molecule has 0 saturated carbocycles. The van der Waals surface area contributed by atoms with E-state index in [0.29, 0.717) is 0 Å². The lowest BCUT2D eigenvalue weighted by atomic mass is 9.80. The van der Waals surface area contributed by atoms with Gasteiger partial charge in [-0.1, -0.05) is 176 Å². The third-order valence-electron chi connectivity index (χ3n) is 9.54. The van der Waals surface area contributed by atoms with Gasteiger partial charge in [-0.05, 0) is 103 Å². The van der Waals surface area contributed by atoms with Gasteiger partial charge in [-0.2, -0.15) is 0 Å². The number of hydrogen-bond donors (Lipinski definition) is 0. The van der Waals surface area contributed by atoms with Crippen LogP contribution in [0.15, 0.2) is 176 Å². The summed E-state index contributed by atoms with van der Waals surface area (Å²) in [6.07, 6.45) is 1.97. The summed E-state index contributed by atoms with van der Waals surface area (Å²) in [7, 11) is 0. The predicted octanol–water partition coefficient (Wildman–Crippen LogP) is 12.8. The topological polar surface area (TPSA) is 0 Å². The van der Waals surface area contributed by atoms with Crippen LogP contribution in [0.5, 0.6) is 0 Å². The fourth-order valence-corrected chi connectivity index (χ4v) is 7.46. The molecular weight excluding hydrogens is 565 g/mol. The molecule has 0 saturated heterocycles. The molecule has 47 heavy (non-hydrogen) atoms. The van der Waals surface area contributed by atoms with Crippen molar-refractivity contribution in [3.8, 4) is 44.5 Å². The number of rotatable bonds is 7. The van der Waals surface area contributed by atoms with Gasteiger partial charge in [-0.3, -0.25) is 0 Å². The summed E-state index contributed by atoms with van der Waals surface area (Å²) in [5, 5.41) is 5.11. The Morgan fingerprint density at radius 3 is 1.28 bits per heavy atom. The smallest absolute Gasteiger partial charge is 0.00200 e. The highest BCUT2D eigenvalue weighted by Gasteiger charge is 2.22. The van der Waals surface area contributed by atoms with Crippen LogP contribution in [0.3, 0.4) is 0 Å². The van der Waals surface area contributed by atoms with E-state index >= 15 is 0 Å². The fraction of sp³-hybridized carbons (Fsp3) is 0.0638. The fourth-order valence-electron chi connectivity index (χ4n) is 7.46. The monoisotopic (exact) mass is 600 g/mol. The number of hydrogen-bond acceptors (Lipinski definition) is 0. The predicted molar refractivity (Wildman–Crippen MR) is 202 cm³/mol. The Balaban J connectivity index is 1.43. The quantitative estimate of drug-likeness (QED) is 0.160. The van der Waals surface area contributed by atoms with Crippen LogP contribution >= 0.6 is 0 Å². The third-order valence-corrected chi connectivity index (χ3v) is 9.54. The molecule has 0 aromatic heterocycles. The van der Waals surface area contributed by atoms with Crippen molar-refractivity contribution in [3.05, 3.63) is 193 Å². The Labute approximate surface area is 277 Å². The molecule has 0 nitrogen and oxygen atoms in total. The average Bonchev–Trinajstić information content (AvgIpc) is 3.14. The zero-order valence-electron chi connectivity index (χ0n) is 26.7. The van der Waals surface area contributed by atoms with E-state index in [1.807, 2.05) is 0 Å². The number of benzene rings is 8. The third kappa shape index (κ3) is 5.33. The van der Waals surface area contributed by atoms with Crippen molar-refractivity contribution in [1.82, 2.24) is 0 Å². The van der Waals surface area contributed by atoms with E-state index < -0.39 is 0 Å². The van der Waals surface area contributed by atoms with E-state index in [0.717, 1.165) is 12.8 Å². The summed E-state index contributed by atoms with van der Waals surface area (Å²) in [4.78, 5) is 0. The molecule has 0 amide bonds. The molecule has 224 valence electrons. The molecule has 0 radical (unpaired) electrons. The van der Waals surface area contributed by atoms with Gasteiger partial charge in [-0.25, -0.2) is 0 Å². The maximum absolute atomic E-state index is 2.34. The first kappa shape index (κ1) is 28.7. The van der Waals surface area contributed by atoms with Crippen LogP contribution in [0.2, 0.25) is 0 Å². The Morgan fingerprint density at radius 1 is 0.319 bits per heavy atom. The van der Waals surface area contributed by atoms with Crippen LogP contribution in [0.4, 0.5) is 0 Å². The van der Waals surface area contributed by atoms with Gasteiger partial charge in [0.05, 0.1) is 0 Å². The van der Waals surface area contributed by atoms with Crippen LogP contribution in [0, 0.1) is 6.92 Å². The van der Waals surface area contributed by atoms with Gasteiger partial charge >= 0.3 is 0 Å². The highest BCUT2D eigenvalue weighted by atomic mass is 14.2. The normalized spacial score (nSPS) is 11.3. The van der Waals surface area contributed by atoms with Crippen molar-refractivity contribution >= 4 is 21.5 Å². The minimum absolute atomic E-state index is 0.972. The molecule has 8 aromatic rings. The summed E-state index contributed by atoms with van der Waals surface area (Å²) in [5.74, 6) is 0. The minimum atomic E-state index is 0.972. The molecule has 0 fully saturated rings. The van der Waals surface area contributed by atoms with Gasteiger partial charge in [-0.15, -0.1) is 0 Å². The van der Waals surface area contributed by atoms with Crippen molar-refractivity contribution in [3.63, 3.8) is 0 Å². The summed E-state index contributed by atoms with van der Waals surface area (Å²) < 4.78 is 0. The summed E-state index contributed by atoms with van der Waals surface area (Å²) in [6.45, 7) is 2.23. The molecule has 0 atom stereocenters. The van der Waals surface area contributed by atoms with E-state index in [2.05, 4.69) is 183 Å². The summed E-state index contributed by atoms with van der Waals surface area (Å²) in [6, 6.07) is 64.4. The van der Waals surface area contributed by atoms with Gasteiger partial charge in [0.25, 0.3) is 0 Å². The lowest BCUT2D eigenvalue weighted by molar-refractivity contribution is 0.962. The van der Waals surface area contributed by atoms with E-state index in [9.17, 15) is 0 Å². The molecule has 0 heteroatoms. The van der Waals surface area contributed by atoms with Crippen LogP contribution in [-0.2, 0) is 12.8 Å². The van der Waals surface area contributed by atoms with E-state index in [4.69, 9.17) is 0 Å². The standard InChI is InChI=1S/C47H36/c1-33-17-15-29-42(44(33)35-20-7-3-8-21-35)46-38-25-11-13-27-40(38)47(41-28-14-12-26-39(41)46)43-30-16-24-37(32-31-34-18-5-2-6-19-34)45(43)36-22-9-4-10-23-36/h2-30H,31-32H2,1H3. The van der Waals surface area contributed by atoms with Crippen LogP contribution in [0.1, 0.15) is 16.7 Å². The molecule has 0 aliphatic carbocycles. The van der Waals surface area contributed by atoms with E-state index in [-0.39, 0.29) is 0 Å². The molecule has 0 bridgehead atoms. The molecular formula is C47H36. The maximum atomic E-state index is 2.34. The Bertz CT molecular complexity index is 2270. The second kappa shape index (κ2) is 12.6. The highest BCUT2D eigenvalue weighted by molar-refractivity contribution is 6.23. The van der Waals surface area contributed by atoms with Gasteiger partial charge < -0.3 is 0 Å². The molecule has 0 heterocycles. The first-order valence-corrected chi connectivity index (χ1v) is 16.6. The first-order valence-electron chi connectivity index (χ1n) is 16.6. The van der Waals surface area contributed by atoms with Crippen LogP contribution in [-0.4, -0.2) is 0 Å². The van der Waals surface area contributed by atoms with E-state index in [1.165, 1.54) is 82.7 Å². The molecule has 8 aromatic carbocycles. The zero-order valence-corrected chi connectivity index (χ0v) is 26.7. The Hall–Kier alpha value is -5.72. The molecule has 8 rings (SSSR count). The zero-order chi connectivity index (χ0) is 31.6. The van der Waals surface area contributed by atoms with Crippen molar-refractivity contribution in [1.29, 1.82) is 0 Å². The average molecular weight is 601 g/mol. The highest BCUT2D eigenvalue weighted by Crippen LogP contribution is 2.48. The maximum Gasteiger partial charge on any atom is -0.00200 e. The van der Waals surface area contributed by atoms with Crippen molar-refractivity contribution in [2.24, 2.45) is 0 Å². The lowest BCUT2D eigenvalue weighted by Gasteiger charge is -2.23. The molecule has 0 N–H and O–H groups in total. The largest absolute Gasteiger partial charge is 0.0622 e. The second-order valence-corrected chi connectivity index (χ2v) is 12.4. The molecule has 0 aliphatic heterocycles. The van der Waals surface area contributed by atoms with E-state index in [1.54, 1.807) is 0 Å². The second-order valence-electron chi connectivity index (χ2n) is 12.4. The van der Waals surface area contributed by atoms with Gasteiger partial charge in [0.1, 0.15) is 0 Å². The van der Waals surface area contributed by atoms with Crippen LogP contribution < -0.4 is 0 Å². The number of aryl methyl sites for hydroxylation is 3. The van der Waals surface area contributed by atoms with Crippen molar-refractivity contribution in [2.45, 2.75) is 19.8 Å². The van der Waals surface area contributed by atoms with Crippen LogP contribution in [0.25, 0.3) is 66.1 Å². The van der Waals surface area contributed by atoms with Gasteiger partial charge in [0.2, 0.25) is 0 Å². The van der Waals surface area contributed by atoms with Crippen molar-refractivity contribution in [2.75, 3.05) is 0 Å². The summed E-state index contributed by atoms with van der Waals surface area (Å²) in [5.41, 5.74) is 14.3. The molecule has 0 spiro atoms. The summed E-state index contributed by atoms with van der Waals surface area (Å²) >= 11 is 0. The SMILES string of the molecule is Cc1cccc(-c2c3ccccc3c(-c3cccc(CCc4ccccc4)c3-c3ccccc3)c3ccccc23)c1-c1ccccc1. The Morgan fingerprint density at radius 2 is 0.745 bits per heavy atom. The number of fused-ring (bicyclic) bond motifs is 2. The van der Waals surface area contributed by atoms with Gasteiger partial charge in [0.15, 0.2) is 0 Å². The lowest BCUT2D eigenvalue weighted by Crippen LogP contribution is -1.99. The molecule has 0 aliphatic rings. The molecule has 0 unspecified atom stereocenters. The Kier molecular flexibility index (Phi) is 7.69. The van der Waals surface area contributed by atoms with Gasteiger partial charge in [0, 0.05) is 0 Å². The van der Waals surface area contributed by atoms with Crippen molar-refractivity contribution < 1.29 is 0 Å².